The molecule has 5 nitrogen and oxygen atoms in total. The zero-order valence-corrected chi connectivity index (χ0v) is 24.8. The number of hydrogen-bond acceptors (Lipinski definition) is 5. The van der Waals surface area contributed by atoms with Crippen LogP contribution in [0.15, 0.2) is 22.4 Å². The first kappa shape index (κ1) is 26.3. The average molecular weight is 522 g/mol. The molecule has 9 atom stereocenters. The van der Waals surface area contributed by atoms with Gasteiger partial charge in [-0.15, -0.1) is 0 Å². The van der Waals surface area contributed by atoms with E-state index in [2.05, 4.69) is 59.7 Å². The Bertz CT molecular complexity index is 1210. The lowest BCUT2D eigenvalue weighted by molar-refractivity contribution is -0.184. The molecule has 5 aliphatic rings. The summed E-state index contributed by atoms with van der Waals surface area (Å²) < 4.78 is 11.0. The fraction of sp³-hybridized carbons (Fsp3) is 0.788. The molecule has 5 heteroatoms. The molecular weight excluding hydrogens is 474 g/mol. The summed E-state index contributed by atoms with van der Waals surface area (Å²) in [5.74, 6) is 2.76. The minimum absolute atomic E-state index is 0.0460. The Morgan fingerprint density at radius 3 is 2.53 bits per heavy atom. The van der Waals surface area contributed by atoms with Gasteiger partial charge in [-0.05, 0) is 96.4 Å². The Kier molecular flexibility index (Phi) is 5.59. The van der Waals surface area contributed by atoms with Crippen molar-refractivity contribution >= 4 is 11.8 Å². The van der Waals surface area contributed by atoms with E-state index >= 15 is 0 Å². The van der Waals surface area contributed by atoms with Gasteiger partial charge in [0.25, 0.3) is 0 Å². The first-order valence-corrected chi connectivity index (χ1v) is 15.0. The van der Waals surface area contributed by atoms with E-state index in [4.69, 9.17) is 9.26 Å². The number of nitrogens with zero attached hydrogens (tertiary/aromatic N) is 1. The smallest absolute Gasteiger partial charge is 0.306 e. The molecule has 3 saturated carbocycles. The number of hydrogen-bond donors (Lipinski definition) is 0. The lowest BCUT2D eigenvalue weighted by Crippen LogP contribution is -2.66. The number of ether oxygens (including phenoxy) is 1. The Balaban J connectivity index is 1.50. The molecule has 0 amide bonds. The maximum Gasteiger partial charge on any atom is 0.306 e. The van der Waals surface area contributed by atoms with Crippen LogP contribution in [0.25, 0.3) is 0 Å². The number of rotatable bonds is 2. The molecule has 1 aromatic rings. The van der Waals surface area contributed by atoms with Crippen LogP contribution in [0.1, 0.15) is 105 Å². The maximum atomic E-state index is 14.6. The van der Waals surface area contributed by atoms with Gasteiger partial charge >= 0.3 is 5.97 Å². The highest BCUT2D eigenvalue weighted by Crippen LogP contribution is 2.75. The number of methoxy groups -OCH3 is 1. The number of aromatic nitrogens is 1. The molecule has 5 aliphatic carbocycles. The predicted molar refractivity (Wildman–Crippen MR) is 146 cm³/mol. The predicted octanol–water partition coefficient (Wildman–Crippen LogP) is 7.09. The van der Waals surface area contributed by atoms with Crippen molar-refractivity contribution in [2.75, 3.05) is 7.11 Å². The number of allylic oxidation sites excluding steroid dienone is 2. The summed E-state index contributed by atoms with van der Waals surface area (Å²) in [5, 5.41) is 4.20. The summed E-state index contributed by atoms with van der Waals surface area (Å²) in [6.45, 7) is 16.7. The fourth-order valence-electron chi connectivity index (χ4n) is 11.3. The van der Waals surface area contributed by atoms with Crippen LogP contribution in [0.3, 0.4) is 0 Å². The van der Waals surface area contributed by atoms with Crippen LogP contribution < -0.4 is 0 Å². The van der Waals surface area contributed by atoms with Gasteiger partial charge in [-0.25, -0.2) is 0 Å². The van der Waals surface area contributed by atoms with Crippen LogP contribution in [0.5, 0.6) is 0 Å². The second-order valence-electron chi connectivity index (χ2n) is 15.3. The molecule has 208 valence electrons. The number of carbonyl (C=O) groups is 2. The highest BCUT2D eigenvalue weighted by molar-refractivity contribution is 5.95. The van der Waals surface area contributed by atoms with Crippen molar-refractivity contribution < 1.29 is 18.8 Å². The van der Waals surface area contributed by atoms with E-state index in [-0.39, 0.29) is 44.9 Å². The van der Waals surface area contributed by atoms with Gasteiger partial charge in [0.2, 0.25) is 0 Å². The first-order chi connectivity index (χ1) is 17.7. The van der Waals surface area contributed by atoms with Crippen molar-refractivity contribution in [1.82, 2.24) is 5.16 Å². The summed E-state index contributed by atoms with van der Waals surface area (Å²) in [5.41, 5.74) is 2.03. The molecule has 0 unspecified atom stereocenters. The van der Waals surface area contributed by atoms with Gasteiger partial charge in [-0.3, -0.25) is 9.59 Å². The van der Waals surface area contributed by atoms with E-state index in [1.165, 1.54) is 18.2 Å². The van der Waals surface area contributed by atoms with Crippen LogP contribution >= 0.6 is 0 Å². The van der Waals surface area contributed by atoms with Crippen LogP contribution in [-0.4, -0.2) is 24.0 Å². The van der Waals surface area contributed by atoms with Gasteiger partial charge in [0, 0.05) is 16.9 Å². The molecular formula is C33H47NO4. The van der Waals surface area contributed by atoms with E-state index in [1.54, 1.807) is 0 Å². The first-order valence-electron chi connectivity index (χ1n) is 15.0. The molecule has 3 fully saturated rings. The molecule has 1 heterocycles. The van der Waals surface area contributed by atoms with E-state index in [1.807, 2.05) is 6.20 Å². The van der Waals surface area contributed by atoms with Gasteiger partial charge in [0.1, 0.15) is 5.76 Å². The van der Waals surface area contributed by atoms with Gasteiger partial charge in [-0.1, -0.05) is 59.2 Å². The van der Waals surface area contributed by atoms with E-state index in [0.717, 1.165) is 50.7 Å². The molecule has 0 spiro atoms. The third kappa shape index (κ3) is 3.08. The largest absolute Gasteiger partial charge is 0.469 e. The third-order valence-corrected chi connectivity index (χ3v) is 13.6. The summed E-state index contributed by atoms with van der Waals surface area (Å²) in [4.78, 5) is 27.3. The minimum atomic E-state index is -0.133. The van der Waals surface area contributed by atoms with Crippen molar-refractivity contribution in [2.45, 2.75) is 105 Å². The molecule has 0 saturated heterocycles. The topological polar surface area (TPSA) is 69.4 Å². The van der Waals surface area contributed by atoms with Crippen molar-refractivity contribution in [2.24, 2.45) is 51.2 Å². The molecule has 38 heavy (non-hydrogen) atoms. The normalized spacial score (nSPS) is 47.0. The second-order valence-corrected chi connectivity index (χ2v) is 15.3. The summed E-state index contributed by atoms with van der Waals surface area (Å²) >= 11 is 0. The summed E-state index contributed by atoms with van der Waals surface area (Å²) in [7, 11) is 1.50. The molecule has 0 N–H and O–H groups in total. The summed E-state index contributed by atoms with van der Waals surface area (Å²) in [6.07, 6.45) is 11.7. The quantitative estimate of drug-likeness (QED) is 0.389. The van der Waals surface area contributed by atoms with Crippen LogP contribution in [0.2, 0.25) is 0 Å². The van der Waals surface area contributed by atoms with Gasteiger partial charge in [0.05, 0.1) is 19.7 Å². The molecule has 0 aromatic carbocycles. The number of ketones is 1. The fourth-order valence-corrected chi connectivity index (χ4v) is 11.3. The van der Waals surface area contributed by atoms with Crippen molar-refractivity contribution in [3.05, 3.63) is 29.2 Å². The van der Waals surface area contributed by atoms with Crippen LogP contribution in [-0.2, 0) is 26.2 Å². The van der Waals surface area contributed by atoms with Crippen molar-refractivity contribution in [3.63, 3.8) is 0 Å². The lowest BCUT2D eigenvalue weighted by atomic mass is 9.33. The molecule has 6 rings (SSSR count). The standard InChI is InChI=1S/C33H47NO4/c1-19-9-12-33(17-25(36)37-8)14-13-32(7)27(26(33)20(19)2)22(35)15-24-30(5)16-21-18-34-38-28(21)29(3,4)23(30)10-11-31(24,32)6/h15,18-20,23,26-27H,9-14,16-17H2,1-8H3/t19-,20+,23+,26+,27-,30+,31-,32-,33-/m1/s1. The van der Waals surface area contributed by atoms with E-state index in [9.17, 15) is 9.59 Å². The zero-order chi connectivity index (χ0) is 27.5. The SMILES string of the molecule is COC(=O)C[C@]12CC[C@@H](C)[C@H](C)[C@H]1[C@H]1C(=O)C=C3[C@@]4(C)Cc5cnoc5C(C)(C)[C@@H]4CC[C@@]3(C)[C@]1(C)CC2. The third-order valence-electron chi connectivity index (χ3n) is 13.6. The van der Waals surface area contributed by atoms with Crippen molar-refractivity contribution in [3.8, 4) is 0 Å². The lowest BCUT2D eigenvalue weighted by Gasteiger charge is -2.70. The maximum absolute atomic E-state index is 14.6. The molecule has 0 radical (unpaired) electrons. The monoisotopic (exact) mass is 521 g/mol. The Hall–Kier alpha value is -1.91. The number of esters is 1. The van der Waals surface area contributed by atoms with Crippen LogP contribution in [0.4, 0.5) is 0 Å². The molecule has 1 aromatic heterocycles. The Morgan fingerprint density at radius 1 is 1.08 bits per heavy atom. The highest BCUT2D eigenvalue weighted by atomic mass is 16.5. The Morgan fingerprint density at radius 2 is 1.82 bits per heavy atom. The molecule has 0 aliphatic heterocycles. The van der Waals surface area contributed by atoms with Crippen molar-refractivity contribution in [1.29, 1.82) is 0 Å². The summed E-state index contributed by atoms with van der Waals surface area (Å²) in [6, 6.07) is 0. The van der Waals surface area contributed by atoms with E-state index < -0.39 is 0 Å². The second kappa shape index (κ2) is 8.07. The average Bonchev–Trinajstić information content (AvgIpc) is 3.33. The highest BCUT2D eigenvalue weighted by Gasteiger charge is 2.70. The minimum Gasteiger partial charge on any atom is -0.469 e. The van der Waals surface area contributed by atoms with Gasteiger partial charge in [-0.2, -0.15) is 0 Å². The Labute approximate surface area is 228 Å². The van der Waals surface area contributed by atoms with Gasteiger partial charge in [0.15, 0.2) is 5.78 Å². The molecule has 0 bridgehead atoms. The van der Waals surface area contributed by atoms with Crippen LogP contribution in [0, 0.1) is 51.2 Å². The number of carbonyl (C=O) groups excluding carboxylic acids is 2. The number of fused-ring (bicyclic) bond motifs is 8. The zero-order valence-electron chi connectivity index (χ0n) is 24.8. The van der Waals surface area contributed by atoms with Gasteiger partial charge < -0.3 is 9.26 Å². The van der Waals surface area contributed by atoms with E-state index in [0.29, 0.717) is 30.0 Å².